The standard InChI is InChI=1S/C33H56BrNO5SSi/c1-22(14-13-15-23(2)20-36)16-17-28(24(3)18-27-21-41-26(5)35-27)39-30(37)19-29(33(9,10)31(38)25(4)34)40-42(11,12)32(6,7)8/h16,18,21,23,25,28-29,36H,13-15,17,19-20H2,1-12H3/b22-16+,24-18+/t23?,25?,28?,29-/m0/s1. The largest absolute Gasteiger partial charge is 0.457 e. The molecular weight excluding hydrogens is 630 g/mol. The number of hydrogen-bond donors (Lipinski definition) is 1. The Labute approximate surface area is 269 Å². The lowest BCUT2D eigenvalue weighted by atomic mass is 9.79. The molecule has 3 unspecified atom stereocenters. The van der Waals surface area contributed by atoms with Crippen molar-refractivity contribution in [3.05, 3.63) is 33.3 Å². The highest BCUT2D eigenvalue weighted by molar-refractivity contribution is 9.10. The average Bonchev–Trinajstić information content (AvgIpc) is 3.28. The number of aliphatic hydroxyl groups excluding tert-OH is 1. The molecule has 0 saturated heterocycles. The third-order valence-electron chi connectivity index (χ3n) is 8.45. The fourth-order valence-electron chi connectivity index (χ4n) is 4.34. The van der Waals surface area contributed by atoms with Gasteiger partial charge in [-0.15, -0.1) is 11.3 Å². The molecule has 1 rings (SSSR count). The molecule has 0 fully saturated rings. The van der Waals surface area contributed by atoms with Crippen LogP contribution in [0, 0.1) is 18.3 Å². The molecule has 1 aromatic heterocycles. The maximum Gasteiger partial charge on any atom is 0.309 e. The second-order valence-electron chi connectivity index (χ2n) is 13.9. The third-order valence-corrected chi connectivity index (χ3v) is 14.1. The van der Waals surface area contributed by atoms with E-state index in [-0.39, 0.29) is 34.6 Å². The van der Waals surface area contributed by atoms with Crippen LogP contribution in [0.15, 0.2) is 22.6 Å². The number of esters is 1. The number of rotatable bonds is 17. The zero-order valence-electron chi connectivity index (χ0n) is 28.1. The van der Waals surface area contributed by atoms with Gasteiger partial charge >= 0.3 is 5.97 Å². The van der Waals surface area contributed by atoms with Gasteiger partial charge in [0.2, 0.25) is 0 Å². The summed E-state index contributed by atoms with van der Waals surface area (Å²) < 4.78 is 12.9. The van der Waals surface area contributed by atoms with Crippen LogP contribution in [0.5, 0.6) is 0 Å². The van der Waals surface area contributed by atoms with Crippen molar-refractivity contribution in [3.63, 3.8) is 0 Å². The first-order valence-corrected chi connectivity index (χ1v) is 19.8. The number of aliphatic hydroxyl groups is 1. The summed E-state index contributed by atoms with van der Waals surface area (Å²) >= 11 is 5.03. The van der Waals surface area contributed by atoms with Crippen molar-refractivity contribution in [3.8, 4) is 0 Å². The Morgan fingerprint density at radius 1 is 1.17 bits per heavy atom. The van der Waals surface area contributed by atoms with Crippen molar-refractivity contribution < 1.29 is 23.9 Å². The monoisotopic (exact) mass is 685 g/mol. The van der Waals surface area contributed by atoms with Gasteiger partial charge in [-0.1, -0.05) is 69.1 Å². The van der Waals surface area contributed by atoms with Crippen molar-refractivity contribution >= 4 is 53.4 Å². The topological polar surface area (TPSA) is 85.7 Å². The summed E-state index contributed by atoms with van der Waals surface area (Å²) in [6.07, 6.45) is 6.50. The normalized spacial score (nSPS) is 16.6. The van der Waals surface area contributed by atoms with Gasteiger partial charge in [-0.3, -0.25) is 9.59 Å². The Hall–Kier alpha value is -1.13. The number of ether oxygens (including phenoxy) is 1. The van der Waals surface area contributed by atoms with Crippen LogP contribution in [0.1, 0.15) is 105 Å². The molecule has 1 heterocycles. The molecule has 6 nitrogen and oxygen atoms in total. The molecule has 0 aliphatic heterocycles. The molecule has 0 radical (unpaired) electrons. The smallest absolute Gasteiger partial charge is 0.309 e. The number of Topliss-reactive ketones (excluding diaryl/α,β-unsaturated/α-hetero) is 1. The van der Waals surface area contributed by atoms with Crippen LogP contribution < -0.4 is 0 Å². The Kier molecular flexibility index (Phi) is 15.6. The summed E-state index contributed by atoms with van der Waals surface area (Å²) in [6, 6.07) is 0. The van der Waals surface area contributed by atoms with Gasteiger partial charge in [0, 0.05) is 23.8 Å². The van der Waals surface area contributed by atoms with Crippen LogP contribution in [0.4, 0.5) is 0 Å². The van der Waals surface area contributed by atoms with E-state index in [2.05, 4.69) is 74.7 Å². The minimum Gasteiger partial charge on any atom is -0.457 e. The Morgan fingerprint density at radius 2 is 1.79 bits per heavy atom. The Balaban J connectivity index is 3.27. The van der Waals surface area contributed by atoms with Gasteiger partial charge in [0.1, 0.15) is 6.10 Å². The minimum absolute atomic E-state index is 0.000359. The molecule has 9 heteroatoms. The fourth-order valence-corrected chi connectivity index (χ4v) is 6.94. The molecular formula is C33H56BrNO5SSi. The van der Waals surface area contributed by atoms with Crippen LogP contribution >= 0.6 is 27.3 Å². The Morgan fingerprint density at radius 3 is 2.29 bits per heavy atom. The maximum atomic E-state index is 13.6. The first-order chi connectivity index (χ1) is 19.2. The lowest BCUT2D eigenvalue weighted by Crippen LogP contribution is -2.51. The highest BCUT2D eigenvalue weighted by Crippen LogP contribution is 2.41. The summed E-state index contributed by atoms with van der Waals surface area (Å²) in [5.41, 5.74) is 2.11. The number of allylic oxidation sites excluding steroid dienone is 1. The average molecular weight is 687 g/mol. The van der Waals surface area contributed by atoms with E-state index in [1.54, 1.807) is 11.3 Å². The van der Waals surface area contributed by atoms with Crippen molar-refractivity contribution in [2.45, 2.75) is 137 Å². The number of aromatic nitrogens is 1. The number of thiazole rings is 1. The summed E-state index contributed by atoms with van der Waals surface area (Å²) in [5.74, 6) is -0.0835. The zero-order chi connectivity index (χ0) is 32.5. The van der Waals surface area contributed by atoms with Crippen LogP contribution in [-0.2, 0) is 18.8 Å². The van der Waals surface area contributed by atoms with Crippen molar-refractivity contribution in [1.82, 2.24) is 4.98 Å². The van der Waals surface area contributed by atoms with E-state index in [0.717, 1.165) is 35.5 Å². The molecule has 0 aliphatic rings. The van der Waals surface area contributed by atoms with Crippen molar-refractivity contribution in [2.75, 3.05) is 6.61 Å². The van der Waals surface area contributed by atoms with E-state index in [4.69, 9.17) is 9.16 Å². The lowest BCUT2D eigenvalue weighted by molar-refractivity contribution is -0.152. The van der Waals surface area contributed by atoms with Gasteiger partial charge in [-0.25, -0.2) is 4.98 Å². The summed E-state index contributed by atoms with van der Waals surface area (Å²) in [6.45, 7) is 24.6. The molecule has 0 amide bonds. The molecule has 1 aromatic rings. The van der Waals surface area contributed by atoms with Gasteiger partial charge in [0.05, 0.1) is 28.1 Å². The number of alkyl halides is 1. The predicted molar refractivity (Wildman–Crippen MR) is 183 cm³/mol. The number of carbonyl (C=O) groups is 2. The van der Waals surface area contributed by atoms with Gasteiger partial charge in [0.25, 0.3) is 0 Å². The number of halogens is 1. The second-order valence-corrected chi connectivity index (χ2v) is 21.1. The predicted octanol–water partition coefficient (Wildman–Crippen LogP) is 9.06. The number of aryl methyl sites for hydroxylation is 1. The number of nitrogens with zero attached hydrogens (tertiary/aromatic N) is 1. The van der Waals surface area contributed by atoms with Gasteiger partial charge in [0.15, 0.2) is 14.1 Å². The quantitative estimate of drug-likeness (QED) is 0.0762. The van der Waals surface area contributed by atoms with Crippen LogP contribution in [0.3, 0.4) is 0 Å². The molecule has 0 aromatic carbocycles. The first kappa shape index (κ1) is 38.9. The highest BCUT2D eigenvalue weighted by atomic mass is 79.9. The lowest BCUT2D eigenvalue weighted by Gasteiger charge is -2.43. The van der Waals surface area contributed by atoms with Crippen LogP contribution in [-0.4, -0.2) is 53.8 Å². The number of hydrogen-bond acceptors (Lipinski definition) is 7. The van der Waals surface area contributed by atoms with E-state index >= 15 is 0 Å². The fraction of sp³-hybridized carbons (Fsp3) is 0.727. The first-order valence-electron chi connectivity index (χ1n) is 15.1. The van der Waals surface area contributed by atoms with Gasteiger partial charge in [-0.05, 0) is 82.7 Å². The van der Waals surface area contributed by atoms with Crippen LogP contribution in [0.2, 0.25) is 18.1 Å². The van der Waals surface area contributed by atoms with Crippen molar-refractivity contribution in [2.24, 2.45) is 11.3 Å². The molecule has 1 N–H and O–H groups in total. The van der Waals surface area contributed by atoms with E-state index in [1.807, 2.05) is 46.1 Å². The molecule has 0 spiro atoms. The van der Waals surface area contributed by atoms with E-state index in [1.165, 1.54) is 5.57 Å². The van der Waals surface area contributed by atoms with E-state index in [9.17, 15) is 14.7 Å². The molecule has 4 atom stereocenters. The zero-order valence-corrected chi connectivity index (χ0v) is 31.5. The molecule has 0 bridgehead atoms. The Bertz CT molecular complexity index is 1090. The summed E-state index contributed by atoms with van der Waals surface area (Å²) in [4.78, 5) is 31.1. The molecule has 42 heavy (non-hydrogen) atoms. The van der Waals surface area contributed by atoms with E-state index in [0.29, 0.717) is 12.3 Å². The van der Waals surface area contributed by atoms with Crippen molar-refractivity contribution in [1.29, 1.82) is 0 Å². The van der Waals surface area contributed by atoms with Gasteiger partial charge < -0.3 is 14.3 Å². The van der Waals surface area contributed by atoms with Crippen LogP contribution in [0.25, 0.3) is 6.08 Å². The molecule has 240 valence electrons. The highest BCUT2D eigenvalue weighted by Gasteiger charge is 2.47. The maximum absolute atomic E-state index is 13.6. The molecule has 0 aliphatic carbocycles. The SMILES string of the molecule is C/C(=C\CC(OC(=O)C[C@H](O[Si](C)(C)C(C)(C)C)C(C)(C)C(=O)C(C)Br)/C(C)=C/c1csc(C)n1)CCCC(C)CO. The molecule has 0 saturated carbocycles. The minimum atomic E-state index is -2.31. The summed E-state index contributed by atoms with van der Waals surface area (Å²) in [7, 11) is -2.31. The van der Waals surface area contributed by atoms with Gasteiger partial charge in [-0.2, -0.15) is 0 Å². The summed E-state index contributed by atoms with van der Waals surface area (Å²) in [5, 5.41) is 12.2. The third kappa shape index (κ3) is 12.5. The number of carbonyl (C=O) groups excluding carboxylic acids is 2. The second kappa shape index (κ2) is 16.8. The van der Waals surface area contributed by atoms with E-state index < -0.39 is 25.9 Å². The number of ketones is 1.